The Balaban J connectivity index is 1.58. The van der Waals surface area contributed by atoms with Gasteiger partial charge in [-0.2, -0.15) is 0 Å². The third-order valence-electron chi connectivity index (χ3n) is 4.92. The Labute approximate surface area is 166 Å². The number of rotatable bonds is 6. The highest BCUT2D eigenvalue weighted by atomic mass is 16.5. The van der Waals surface area contributed by atoms with Gasteiger partial charge in [-0.1, -0.05) is 17.7 Å². The summed E-state index contributed by atoms with van der Waals surface area (Å²) in [5, 5.41) is 2.87. The van der Waals surface area contributed by atoms with Crippen LogP contribution >= 0.6 is 0 Å². The first-order valence-electron chi connectivity index (χ1n) is 9.85. The molecule has 2 aromatic rings. The zero-order valence-electron chi connectivity index (χ0n) is 16.8. The van der Waals surface area contributed by atoms with E-state index in [2.05, 4.69) is 5.32 Å². The van der Waals surface area contributed by atoms with Crippen LogP contribution in [-0.2, 0) is 0 Å². The zero-order chi connectivity index (χ0) is 20.1. The minimum atomic E-state index is -0.0905. The summed E-state index contributed by atoms with van der Waals surface area (Å²) in [6.45, 7) is 7.09. The maximum Gasteiger partial charge on any atom is 0.254 e. The van der Waals surface area contributed by atoms with E-state index in [1.54, 1.807) is 24.3 Å². The van der Waals surface area contributed by atoms with Crippen molar-refractivity contribution in [3.63, 3.8) is 0 Å². The Morgan fingerprint density at radius 2 is 1.71 bits per heavy atom. The lowest BCUT2D eigenvalue weighted by Gasteiger charge is -2.25. The van der Waals surface area contributed by atoms with Crippen LogP contribution in [0.2, 0.25) is 0 Å². The van der Waals surface area contributed by atoms with E-state index in [0.29, 0.717) is 17.9 Å². The minimum absolute atomic E-state index is 0.0619. The quantitative estimate of drug-likeness (QED) is 0.829. The molecule has 5 heteroatoms. The summed E-state index contributed by atoms with van der Waals surface area (Å²) in [6.07, 6.45) is 1.92. The lowest BCUT2D eigenvalue weighted by Crippen LogP contribution is -2.39. The first kappa shape index (κ1) is 19.9. The van der Waals surface area contributed by atoms with Gasteiger partial charge in [-0.3, -0.25) is 9.59 Å². The van der Waals surface area contributed by atoms with E-state index in [1.165, 1.54) is 0 Å². The molecule has 0 spiro atoms. The van der Waals surface area contributed by atoms with Gasteiger partial charge in [-0.15, -0.1) is 0 Å². The number of ether oxygens (including phenoxy) is 1. The van der Waals surface area contributed by atoms with Crippen LogP contribution in [0.4, 0.5) is 0 Å². The van der Waals surface area contributed by atoms with Crippen LogP contribution in [0.1, 0.15) is 53.0 Å². The van der Waals surface area contributed by atoms with E-state index in [4.69, 9.17) is 4.74 Å². The van der Waals surface area contributed by atoms with E-state index in [1.807, 2.05) is 49.9 Å². The average Bonchev–Trinajstić information content (AvgIpc) is 3.15. The Kier molecular flexibility index (Phi) is 6.34. The summed E-state index contributed by atoms with van der Waals surface area (Å²) in [5.74, 6) is 0.676. The van der Waals surface area contributed by atoms with Crippen molar-refractivity contribution in [2.24, 2.45) is 0 Å². The van der Waals surface area contributed by atoms with Gasteiger partial charge in [-0.25, -0.2) is 0 Å². The fourth-order valence-corrected chi connectivity index (χ4v) is 3.38. The second-order valence-electron chi connectivity index (χ2n) is 7.62. The molecule has 0 bridgehead atoms. The molecule has 0 saturated carbocycles. The first-order valence-corrected chi connectivity index (χ1v) is 9.85. The number of nitrogens with one attached hydrogen (secondary N) is 1. The molecule has 1 fully saturated rings. The maximum absolute atomic E-state index is 12.8. The molecule has 0 aromatic heterocycles. The molecule has 1 saturated heterocycles. The number of hydrogen-bond donors (Lipinski definition) is 1. The van der Waals surface area contributed by atoms with Gasteiger partial charge in [0.1, 0.15) is 12.4 Å². The SMILES string of the molecule is Cc1ccc(C(=O)N2CCC[C@H]2COc2ccc(C(=O)NC(C)C)cc2)cc1. The van der Waals surface area contributed by atoms with Gasteiger partial charge in [0.15, 0.2) is 0 Å². The molecule has 0 aliphatic carbocycles. The van der Waals surface area contributed by atoms with Crippen molar-refractivity contribution in [3.05, 3.63) is 65.2 Å². The number of nitrogens with zero attached hydrogens (tertiary/aromatic N) is 1. The number of carbonyl (C=O) groups is 2. The maximum atomic E-state index is 12.8. The fourth-order valence-electron chi connectivity index (χ4n) is 3.38. The van der Waals surface area contributed by atoms with Crippen LogP contribution in [-0.4, -0.2) is 41.9 Å². The van der Waals surface area contributed by atoms with Crippen LogP contribution in [0.5, 0.6) is 5.75 Å². The highest BCUT2D eigenvalue weighted by Gasteiger charge is 2.29. The molecule has 2 aromatic carbocycles. The van der Waals surface area contributed by atoms with Crippen molar-refractivity contribution in [2.45, 2.75) is 45.7 Å². The molecule has 1 aliphatic rings. The normalized spacial score (nSPS) is 16.3. The molecule has 148 valence electrons. The molecule has 1 atom stereocenters. The smallest absolute Gasteiger partial charge is 0.254 e. The Morgan fingerprint density at radius 3 is 2.36 bits per heavy atom. The topological polar surface area (TPSA) is 58.6 Å². The second kappa shape index (κ2) is 8.91. The van der Waals surface area contributed by atoms with E-state index >= 15 is 0 Å². The van der Waals surface area contributed by atoms with Gasteiger partial charge in [0.05, 0.1) is 6.04 Å². The monoisotopic (exact) mass is 380 g/mol. The lowest BCUT2D eigenvalue weighted by atomic mass is 10.1. The molecule has 3 rings (SSSR count). The standard InChI is InChI=1S/C23H28N2O3/c1-16(2)24-22(26)18-10-12-21(13-11-18)28-15-20-5-4-14-25(20)23(27)19-8-6-17(3)7-9-19/h6-13,16,20H,4-5,14-15H2,1-3H3,(H,24,26)/t20-/m0/s1. The van der Waals surface area contributed by atoms with E-state index < -0.39 is 0 Å². The van der Waals surface area contributed by atoms with Crippen molar-refractivity contribution >= 4 is 11.8 Å². The van der Waals surface area contributed by atoms with Gasteiger partial charge in [0.2, 0.25) is 0 Å². The molecule has 0 radical (unpaired) electrons. The van der Waals surface area contributed by atoms with Crippen molar-refractivity contribution in [1.82, 2.24) is 10.2 Å². The average molecular weight is 380 g/mol. The second-order valence-corrected chi connectivity index (χ2v) is 7.62. The third-order valence-corrected chi connectivity index (χ3v) is 4.92. The van der Waals surface area contributed by atoms with Gasteiger partial charge >= 0.3 is 0 Å². The third kappa shape index (κ3) is 4.91. The zero-order valence-corrected chi connectivity index (χ0v) is 16.8. The summed E-state index contributed by atoms with van der Waals surface area (Å²) in [6, 6.07) is 15.0. The van der Waals surface area contributed by atoms with Crippen LogP contribution in [0.3, 0.4) is 0 Å². The van der Waals surface area contributed by atoms with Gasteiger partial charge in [0.25, 0.3) is 11.8 Å². The molecule has 1 heterocycles. The molecule has 0 unspecified atom stereocenters. The van der Waals surface area contributed by atoms with E-state index in [-0.39, 0.29) is 23.9 Å². The van der Waals surface area contributed by atoms with E-state index in [0.717, 1.165) is 30.5 Å². The van der Waals surface area contributed by atoms with Crippen LogP contribution in [0, 0.1) is 6.92 Å². The van der Waals surface area contributed by atoms with Crippen molar-refractivity contribution in [3.8, 4) is 5.75 Å². The summed E-state index contributed by atoms with van der Waals surface area (Å²) in [4.78, 5) is 26.7. The number of benzene rings is 2. The number of likely N-dealkylation sites (tertiary alicyclic amines) is 1. The Bertz CT molecular complexity index is 813. The van der Waals surface area contributed by atoms with Crippen molar-refractivity contribution in [1.29, 1.82) is 0 Å². The van der Waals surface area contributed by atoms with Gasteiger partial charge in [-0.05, 0) is 70.0 Å². The minimum Gasteiger partial charge on any atom is -0.491 e. The molecule has 28 heavy (non-hydrogen) atoms. The predicted octanol–water partition coefficient (Wildman–Crippen LogP) is 3.82. The largest absolute Gasteiger partial charge is 0.491 e. The number of carbonyl (C=O) groups excluding carboxylic acids is 2. The van der Waals surface area contributed by atoms with Crippen LogP contribution in [0.15, 0.2) is 48.5 Å². The van der Waals surface area contributed by atoms with Crippen LogP contribution < -0.4 is 10.1 Å². The number of aryl methyl sites for hydroxylation is 1. The molecular weight excluding hydrogens is 352 g/mol. The first-order chi connectivity index (χ1) is 13.4. The van der Waals surface area contributed by atoms with E-state index in [9.17, 15) is 9.59 Å². The van der Waals surface area contributed by atoms with Gasteiger partial charge in [0, 0.05) is 23.7 Å². The molecule has 1 N–H and O–H groups in total. The predicted molar refractivity (Wildman–Crippen MR) is 110 cm³/mol. The molecule has 2 amide bonds. The van der Waals surface area contributed by atoms with Crippen LogP contribution in [0.25, 0.3) is 0 Å². The van der Waals surface area contributed by atoms with Crippen molar-refractivity contribution in [2.75, 3.05) is 13.2 Å². The number of hydrogen-bond acceptors (Lipinski definition) is 3. The highest BCUT2D eigenvalue weighted by Crippen LogP contribution is 2.22. The fraction of sp³-hybridized carbons (Fsp3) is 0.391. The van der Waals surface area contributed by atoms with Crippen molar-refractivity contribution < 1.29 is 14.3 Å². The highest BCUT2D eigenvalue weighted by molar-refractivity contribution is 5.95. The summed E-state index contributed by atoms with van der Waals surface area (Å²) in [7, 11) is 0. The molecular formula is C23H28N2O3. The lowest BCUT2D eigenvalue weighted by molar-refractivity contribution is 0.0691. The summed E-state index contributed by atoms with van der Waals surface area (Å²) < 4.78 is 5.92. The summed E-state index contributed by atoms with van der Waals surface area (Å²) >= 11 is 0. The number of amides is 2. The molecule has 5 nitrogen and oxygen atoms in total. The molecule has 1 aliphatic heterocycles. The van der Waals surface area contributed by atoms with Gasteiger partial charge < -0.3 is 15.0 Å². The summed E-state index contributed by atoms with van der Waals surface area (Å²) in [5.41, 5.74) is 2.47. The Morgan fingerprint density at radius 1 is 1.07 bits per heavy atom. The Hall–Kier alpha value is -2.82.